The number of hydrogen-bond acceptors (Lipinski definition) is 2. The largest absolute Gasteiger partial charge is 0.349 e. The smallest absolute Gasteiger partial charge is 0.230 e. The van der Waals surface area contributed by atoms with Crippen molar-refractivity contribution in [2.75, 3.05) is 5.75 Å². The molecule has 4 saturated carbocycles. The van der Waals surface area contributed by atoms with E-state index in [-0.39, 0.29) is 11.9 Å². The molecule has 4 fully saturated rings. The standard InChI is InChI=1S/C20H27NOS/c1-14(18-5-3-2-4-6-18)21-19(22)13-23-20-10-15-7-16(11-20)9-17(8-15)12-20/h2-6,14-17H,7-13H2,1H3,(H,21,22)/t14-,15?,16?,17?,20?/m0/s1. The minimum atomic E-state index is 0.0978. The van der Waals surface area contributed by atoms with Gasteiger partial charge in [0.2, 0.25) is 5.91 Å². The molecular weight excluding hydrogens is 302 g/mol. The second-order valence-electron chi connectivity index (χ2n) is 8.09. The predicted octanol–water partition coefficient (Wildman–Crippen LogP) is 4.57. The summed E-state index contributed by atoms with van der Waals surface area (Å²) in [6.07, 6.45) is 8.51. The Morgan fingerprint density at radius 1 is 1.13 bits per heavy atom. The van der Waals surface area contributed by atoms with E-state index in [9.17, 15) is 4.79 Å². The maximum absolute atomic E-state index is 12.4. The SMILES string of the molecule is C[C@H](NC(=O)CSC12CC3CC(CC(C3)C1)C2)c1ccccc1. The molecular formula is C20H27NOS. The Morgan fingerprint density at radius 2 is 1.70 bits per heavy atom. The van der Waals surface area contributed by atoms with E-state index in [4.69, 9.17) is 0 Å². The molecule has 1 N–H and O–H groups in total. The summed E-state index contributed by atoms with van der Waals surface area (Å²) in [5.74, 6) is 3.70. The molecule has 0 spiro atoms. The molecule has 2 nitrogen and oxygen atoms in total. The average Bonchev–Trinajstić information content (AvgIpc) is 2.53. The Balaban J connectivity index is 1.32. The molecule has 124 valence electrons. The van der Waals surface area contributed by atoms with Crippen LogP contribution in [0.3, 0.4) is 0 Å². The van der Waals surface area contributed by atoms with Gasteiger partial charge in [-0.2, -0.15) is 0 Å². The van der Waals surface area contributed by atoms with Crippen molar-refractivity contribution in [3.63, 3.8) is 0 Å². The molecule has 4 bridgehead atoms. The number of benzene rings is 1. The molecule has 5 rings (SSSR count). The van der Waals surface area contributed by atoms with Crippen molar-refractivity contribution >= 4 is 17.7 Å². The highest BCUT2D eigenvalue weighted by Gasteiger charge is 2.51. The molecule has 23 heavy (non-hydrogen) atoms. The van der Waals surface area contributed by atoms with E-state index in [0.717, 1.165) is 17.8 Å². The van der Waals surface area contributed by atoms with Gasteiger partial charge >= 0.3 is 0 Å². The lowest BCUT2D eigenvalue weighted by Crippen LogP contribution is -2.49. The molecule has 0 aromatic heterocycles. The fourth-order valence-corrected chi connectivity index (χ4v) is 7.12. The van der Waals surface area contributed by atoms with Crippen molar-refractivity contribution in [3.8, 4) is 0 Å². The van der Waals surface area contributed by atoms with Crippen LogP contribution in [-0.2, 0) is 4.79 Å². The molecule has 1 amide bonds. The van der Waals surface area contributed by atoms with E-state index in [1.54, 1.807) is 0 Å². The Labute approximate surface area is 143 Å². The number of hydrogen-bond donors (Lipinski definition) is 1. The van der Waals surface area contributed by atoms with Crippen molar-refractivity contribution in [2.24, 2.45) is 17.8 Å². The lowest BCUT2D eigenvalue weighted by molar-refractivity contribution is -0.119. The molecule has 0 saturated heterocycles. The van der Waals surface area contributed by atoms with Crippen molar-refractivity contribution in [1.29, 1.82) is 0 Å². The first-order valence-electron chi connectivity index (χ1n) is 9.10. The van der Waals surface area contributed by atoms with E-state index < -0.39 is 0 Å². The Hall–Kier alpha value is -0.960. The Morgan fingerprint density at radius 3 is 2.26 bits per heavy atom. The highest BCUT2D eigenvalue weighted by molar-refractivity contribution is 8.01. The molecule has 1 atom stereocenters. The van der Waals surface area contributed by atoms with Crippen molar-refractivity contribution in [2.45, 2.75) is 56.2 Å². The summed E-state index contributed by atoms with van der Waals surface area (Å²) < 4.78 is 0.433. The first-order chi connectivity index (χ1) is 11.1. The van der Waals surface area contributed by atoms with E-state index in [2.05, 4.69) is 24.4 Å². The highest BCUT2D eigenvalue weighted by Crippen LogP contribution is 2.60. The zero-order valence-electron chi connectivity index (χ0n) is 14.0. The highest BCUT2D eigenvalue weighted by atomic mass is 32.2. The topological polar surface area (TPSA) is 29.1 Å². The third-order valence-electron chi connectivity index (χ3n) is 6.17. The summed E-state index contributed by atoms with van der Waals surface area (Å²) in [5, 5.41) is 3.17. The quantitative estimate of drug-likeness (QED) is 0.857. The zero-order chi connectivity index (χ0) is 15.9. The second kappa shape index (κ2) is 6.16. The van der Waals surface area contributed by atoms with E-state index in [0.29, 0.717) is 10.5 Å². The summed E-state index contributed by atoms with van der Waals surface area (Å²) in [4.78, 5) is 12.4. The van der Waals surface area contributed by atoms with Gasteiger partial charge in [-0.25, -0.2) is 0 Å². The van der Waals surface area contributed by atoms with Gasteiger partial charge in [0.05, 0.1) is 11.8 Å². The number of rotatable bonds is 5. The number of thioether (sulfide) groups is 1. The van der Waals surface area contributed by atoms with Crippen LogP contribution in [0, 0.1) is 17.8 Å². The molecule has 0 radical (unpaired) electrons. The van der Waals surface area contributed by atoms with Gasteiger partial charge in [-0.3, -0.25) is 4.79 Å². The number of nitrogens with one attached hydrogen (secondary N) is 1. The molecule has 0 unspecified atom stereocenters. The van der Waals surface area contributed by atoms with Crippen LogP contribution in [0.5, 0.6) is 0 Å². The number of amides is 1. The van der Waals surface area contributed by atoms with Crippen molar-refractivity contribution < 1.29 is 4.79 Å². The summed E-state index contributed by atoms with van der Waals surface area (Å²) in [7, 11) is 0. The first kappa shape index (κ1) is 15.6. The summed E-state index contributed by atoms with van der Waals surface area (Å²) in [6.45, 7) is 2.07. The molecule has 0 heterocycles. The predicted molar refractivity (Wildman–Crippen MR) is 96.4 cm³/mol. The Bertz CT molecular complexity index is 535. The van der Waals surface area contributed by atoms with Crippen LogP contribution in [0.4, 0.5) is 0 Å². The van der Waals surface area contributed by atoms with Crippen molar-refractivity contribution in [1.82, 2.24) is 5.32 Å². The van der Waals surface area contributed by atoms with Crippen LogP contribution in [0.25, 0.3) is 0 Å². The van der Waals surface area contributed by atoms with Crippen LogP contribution in [0.1, 0.15) is 57.1 Å². The molecule has 3 heteroatoms. The zero-order valence-corrected chi connectivity index (χ0v) is 14.8. The van der Waals surface area contributed by atoms with Gasteiger partial charge < -0.3 is 5.32 Å². The molecule has 4 aliphatic rings. The van der Waals surface area contributed by atoms with Crippen LogP contribution in [-0.4, -0.2) is 16.4 Å². The van der Waals surface area contributed by atoms with Gasteiger partial charge in [-0.15, -0.1) is 11.8 Å². The lowest BCUT2D eigenvalue weighted by atomic mass is 9.56. The molecule has 1 aromatic carbocycles. The molecule has 1 aromatic rings. The summed E-state index contributed by atoms with van der Waals surface area (Å²) in [6, 6.07) is 10.3. The minimum Gasteiger partial charge on any atom is -0.349 e. The maximum Gasteiger partial charge on any atom is 0.230 e. The van der Waals surface area contributed by atoms with E-state index >= 15 is 0 Å². The van der Waals surface area contributed by atoms with E-state index in [1.165, 1.54) is 44.1 Å². The fourth-order valence-electron chi connectivity index (χ4n) is 5.53. The van der Waals surface area contributed by atoms with Crippen LogP contribution in [0.15, 0.2) is 30.3 Å². The first-order valence-corrected chi connectivity index (χ1v) is 10.1. The minimum absolute atomic E-state index is 0.0978. The number of carbonyl (C=O) groups is 1. The maximum atomic E-state index is 12.4. The van der Waals surface area contributed by atoms with E-state index in [1.807, 2.05) is 30.0 Å². The van der Waals surface area contributed by atoms with Gasteiger partial charge in [0.1, 0.15) is 0 Å². The average molecular weight is 330 g/mol. The second-order valence-corrected chi connectivity index (χ2v) is 9.53. The van der Waals surface area contributed by atoms with Gasteiger partial charge in [0, 0.05) is 4.75 Å². The third kappa shape index (κ3) is 3.31. The van der Waals surface area contributed by atoms with Crippen LogP contribution < -0.4 is 5.32 Å². The third-order valence-corrected chi connectivity index (χ3v) is 7.69. The van der Waals surface area contributed by atoms with Gasteiger partial charge in [0.25, 0.3) is 0 Å². The van der Waals surface area contributed by atoms with Gasteiger partial charge in [-0.05, 0) is 68.8 Å². The summed E-state index contributed by atoms with van der Waals surface area (Å²) >= 11 is 1.97. The van der Waals surface area contributed by atoms with Crippen LogP contribution >= 0.6 is 11.8 Å². The van der Waals surface area contributed by atoms with Gasteiger partial charge in [-0.1, -0.05) is 30.3 Å². The molecule has 0 aliphatic heterocycles. The normalized spacial score (nSPS) is 36.0. The number of carbonyl (C=O) groups excluding carboxylic acids is 1. The fraction of sp³-hybridized carbons (Fsp3) is 0.650. The Kier molecular flexibility index (Phi) is 4.17. The van der Waals surface area contributed by atoms with Crippen LogP contribution in [0.2, 0.25) is 0 Å². The summed E-state index contributed by atoms with van der Waals surface area (Å²) in [5.41, 5.74) is 1.18. The lowest BCUT2D eigenvalue weighted by Gasteiger charge is -2.56. The monoisotopic (exact) mass is 329 g/mol. The molecule has 4 aliphatic carbocycles. The van der Waals surface area contributed by atoms with Gasteiger partial charge in [0.15, 0.2) is 0 Å². The van der Waals surface area contributed by atoms with Crippen molar-refractivity contribution in [3.05, 3.63) is 35.9 Å².